The van der Waals surface area contributed by atoms with E-state index in [0.717, 1.165) is 35.9 Å². The van der Waals surface area contributed by atoms with Crippen LogP contribution in [0.15, 0.2) is 42.1 Å². The molecule has 1 aliphatic carbocycles. The topological polar surface area (TPSA) is 46.0 Å². The van der Waals surface area contributed by atoms with Gasteiger partial charge in [0.25, 0.3) is 0 Å². The van der Waals surface area contributed by atoms with Crippen molar-refractivity contribution in [3.63, 3.8) is 0 Å². The largest absolute Gasteiger partial charge is 0.382 e. The van der Waals surface area contributed by atoms with Crippen LogP contribution in [-0.2, 0) is 0 Å². The number of benzene rings is 1. The Labute approximate surface area is 106 Å². The third-order valence-corrected chi connectivity index (χ3v) is 3.42. The molecule has 3 rings (SSSR count). The molecule has 0 radical (unpaired) electrons. The Morgan fingerprint density at radius 2 is 1.94 bits per heavy atom. The molecule has 0 bridgehead atoms. The second kappa shape index (κ2) is 4.86. The first-order chi connectivity index (χ1) is 8.84. The molecular formula is C15H16N2O. The lowest BCUT2D eigenvalue weighted by atomic mass is 9.94. The highest BCUT2D eigenvalue weighted by Crippen LogP contribution is 2.28. The van der Waals surface area contributed by atoms with E-state index in [4.69, 9.17) is 0 Å². The molecule has 1 aromatic carbocycles. The van der Waals surface area contributed by atoms with Gasteiger partial charge in [-0.05, 0) is 43.4 Å². The molecule has 1 unspecified atom stereocenters. The molecule has 1 aromatic heterocycles. The van der Waals surface area contributed by atoms with Gasteiger partial charge in [-0.25, -0.2) is 4.98 Å². The lowest BCUT2D eigenvalue weighted by molar-refractivity contribution is 0.203. The Morgan fingerprint density at radius 3 is 2.72 bits per heavy atom. The maximum atomic E-state index is 10.3. The van der Waals surface area contributed by atoms with Gasteiger partial charge in [0.1, 0.15) is 6.10 Å². The van der Waals surface area contributed by atoms with E-state index in [1.54, 1.807) is 6.20 Å². The summed E-state index contributed by atoms with van der Waals surface area (Å²) in [6.07, 6.45) is 7.64. The standard InChI is InChI=1S/C15H16N2O/c18-15(11-6-2-1-3-7-11)14-10-16-12-8-4-5-9-13(12)17-14/h4-6,8-10,15,18H,1-3,7H2. The van der Waals surface area contributed by atoms with Crippen molar-refractivity contribution in [2.24, 2.45) is 0 Å². The summed E-state index contributed by atoms with van der Waals surface area (Å²) in [5.74, 6) is 0. The van der Waals surface area contributed by atoms with Crippen LogP contribution in [0, 0.1) is 0 Å². The minimum atomic E-state index is -0.595. The van der Waals surface area contributed by atoms with Crippen molar-refractivity contribution < 1.29 is 5.11 Å². The molecule has 1 atom stereocenters. The van der Waals surface area contributed by atoms with E-state index in [-0.39, 0.29) is 0 Å². The number of allylic oxidation sites excluding steroid dienone is 1. The zero-order valence-corrected chi connectivity index (χ0v) is 10.2. The number of fused-ring (bicyclic) bond motifs is 1. The zero-order chi connectivity index (χ0) is 12.4. The van der Waals surface area contributed by atoms with E-state index in [0.29, 0.717) is 5.69 Å². The Hall–Kier alpha value is -1.74. The Bertz CT molecular complexity index is 592. The highest BCUT2D eigenvalue weighted by atomic mass is 16.3. The number of aliphatic hydroxyl groups is 1. The predicted molar refractivity (Wildman–Crippen MR) is 71.0 cm³/mol. The van der Waals surface area contributed by atoms with Gasteiger partial charge in [-0.15, -0.1) is 0 Å². The summed E-state index contributed by atoms with van der Waals surface area (Å²) in [5.41, 5.74) is 3.45. The number of nitrogens with zero attached hydrogens (tertiary/aromatic N) is 2. The third kappa shape index (κ3) is 2.14. The Balaban J connectivity index is 1.96. The van der Waals surface area contributed by atoms with Crippen molar-refractivity contribution in [1.82, 2.24) is 9.97 Å². The summed E-state index contributed by atoms with van der Waals surface area (Å²) in [6, 6.07) is 7.73. The number of rotatable bonds is 2. The number of aliphatic hydroxyl groups excluding tert-OH is 1. The Morgan fingerprint density at radius 1 is 1.11 bits per heavy atom. The van der Waals surface area contributed by atoms with Crippen LogP contribution in [0.4, 0.5) is 0 Å². The normalized spacial score (nSPS) is 17.5. The maximum Gasteiger partial charge on any atom is 0.119 e. The van der Waals surface area contributed by atoms with Crippen molar-refractivity contribution in [3.05, 3.63) is 47.8 Å². The fraction of sp³-hybridized carbons (Fsp3) is 0.333. The van der Waals surface area contributed by atoms with Crippen LogP contribution >= 0.6 is 0 Å². The molecule has 0 aliphatic heterocycles. The van der Waals surface area contributed by atoms with E-state index < -0.39 is 6.10 Å². The molecule has 3 nitrogen and oxygen atoms in total. The van der Waals surface area contributed by atoms with Crippen molar-refractivity contribution in [3.8, 4) is 0 Å². The summed E-state index contributed by atoms with van der Waals surface area (Å²) in [6.45, 7) is 0. The summed E-state index contributed by atoms with van der Waals surface area (Å²) < 4.78 is 0. The second-order valence-corrected chi connectivity index (χ2v) is 4.71. The molecule has 1 heterocycles. The highest BCUT2D eigenvalue weighted by molar-refractivity contribution is 5.73. The molecule has 1 aliphatic rings. The van der Waals surface area contributed by atoms with E-state index in [1.807, 2.05) is 24.3 Å². The summed E-state index contributed by atoms with van der Waals surface area (Å²) in [7, 11) is 0. The van der Waals surface area contributed by atoms with Gasteiger partial charge in [0.05, 0.1) is 22.9 Å². The Kier molecular flexibility index (Phi) is 3.07. The molecule has 18 heavy (non-hydrogen) atoms. The highest BCUT2D eigenvalue weighted by Gasteiger charge is 2.17. The molecule has 92 valence electrons. The molecule has 0 saturated heterocycles. The third-order valence-electron chi connectivity index (χ3n) is 3.42. The number of aromatic nitrogens is 2. The van der Waals surface area contributed by atoms with Gasteiger partial charge in [0, 0.05) is 0 Å². The molecule has 0 fully saturated rings. The van der Waals surface area contributed by atoms with Gasteiger partial charge in [-0.1, -0.05) is 18.2 Å². The van der Waals surface area contributed by atoms with E-state index >= 15 is 0 Å². The summed E-state index contributed by atoms with van der Waals surface area (Å²) in [4.78, 5) is 8.84. The minimum Gasteiger partial charge on any atom is -0.382 e. The molecule has 2 aromatic rings. The quantitative estimate of drug-likeness (QED) is 0.820. The summed E-state index contributed by atoms with van der Waals surface area (Å²) >= 11 is 0. The molecule has 0 amide bonds. The maximum absolute atomic E-state index is 10.3. The number of hydrogen-bond acceptors (Lipinski definition) is 3. The van der Waals surface area contributed by atoms with Crippen molar-refractivity contribution >= 4 is 11.0 Å². The van der Waals surface area contributed by atoms with Crippen LogP contribution < -0.4 is 0 Å². The van der Waals surface area contributed by atoms with Crippen molar-refractivity contribution in [2.45, 2.75) is 31.8 Å². The molecule has 1 N–H and O–H groups in total. The van der Waals surface area contributed by atoms with Crippen LogP contribution in [0.2, 0.25) is 0 Å². The SMILES string of the molecule is OC(C1=CCCCC1)c1cnc2ccccc2n1. The van der Waals surface area contributed by atoms with Gasteiger partial charge in [0.15, 0.2) is 0 Å². The minimum absolute atomic E-state index is 0.595. The molecule has 3 heteroatoms. The smallest absolute Gasteiger partial charge is 0.119 e. The van der Waals surface area contributed by atoms with Gasteiger partial charge >= 0.3 is 0 Å². The summed E-state index contributed by atoms with van der Waals surface area (Å²) in [5, 5.41) is 10.3. The average Bonchev–Trinajstić information content (AvgIpc) is 2.47. The van der Waals surface area contributed by atoms with Crippen LogP contribution in [-0.4, -0.2) is 15.1 Å². The molecular weight excluding hydrogens is 224 g/mol. The number of para-hydroxylation sites is 2. The second-order valence-electron chi connectivity index (χ2n) is 4.71. The van der Waals surface area contributed by atoms with E-state index in [1.165, 1.54) is 6.42 Å². The van der Waals surface area contributed by atoms with Gasteiger partial charge in [-0.3, -0.25) is 4.98 Å². The fourth-order valence-electron chi connectivity index (χ4n) is 2.40. The lowest BCUT2D eigenvalue weighted by Crippen LogP contribution is -2.07. The monoisotopic (exact) mass is 240 g/mol. The van der Waals surface area contributed by atoms with Crippen LogP contribution in [0.3, 0.4) is 0 Å². The zero-order valence-electron chi connectivity index (χ0n) is 10.2. The van der Waals surface area contributed by atoms with Crippen molar-refractivity contribution in [1.29, 1.82) is 0 Å². The first-order valence-corrected chi connectivity index (χ1v) is 6.43. The van der Waals surface area contributed by atoms with Gasteiger partial charge in [-0.2, -0.15) is 0 Å². The molecule has 0 spiro atoms. The van der Waals surface area contributed by atoms with E-state index in [2.05, 4.69) is 16.0 Å². The lowest BCUT2D eigenvalue weighted by Gasteiger charge is -2.18. The first kappa shape index (κ1) is 11.4. The first-order valence-electron chi connectivity index (χ1n) is 6.43. The predicted octanol–water partition coefficient (Wildman–Crippen LogP) is 3.16. The van der Waals surface area contributed by atoms with E-state index in [9.17, 15) is 5.11 Å². The van der Waals surface area contributed by atoms with Gasteiger partial charge in [0.2, 0.25) is 0 Å². The van der Waals surface area contributed by atoms with Crippen LogP contribution in [0.25, 0.3) is 11.0 Å². The number of hydrogen-bond donors (Lipinski definition) is 1. The van der Waals surface area contributed by atoms with Crippen LogP contribution in [0.5, 0.6) is 0 Å². The van der Waals surface area contributed by atoms with Gasteiger partial charge < -0.3 is 5.11 Å². The average molecular weight is 240 g/mol. The molecule has 0 saturated carbocycles. The van der Waals surface area contributed by atoms with Crippen LogP contribution in [0.1, 0.15) is 37.5 Å². The fourth-order valence-corrected chi connectivity index (χ4v) is 2.40. The van der Waals surface area contributed by atoms with Crippen molar-refractivity contribution in [2.75, 3.05) is 0 Å².